The molecule has 22 heteroatoms. The number of aryl methyl sites for hydroxylation is 5. The molecule has 4 aromatic heterocycles. The van der Waals surface area contributed by atoms with E-state index in [1.807, 2.05) is 32.9 Å². The number of ether oxygens (including phenoxy) is 2. The predicted molar refractivity (Wildman–Crippen MR) is 269 cm³/mol. The lowest BCUT2D eigenvalue weighted by Crippen LogP contribution is -2.38. The third kappa shape index (κ3) is 10.4. The van der Waals surface area contributed by atoms with Crippen LogP contribution in [0.5, 0.6) is 11.5 Å². The van der Waals surface area contributed by atoms with E-state index in [-0.39, 0.29) is 65.0 Å². The molecule has 1 aliphatic rings. The van der Waals surface area contributed by atoms with Crippen LogP contribution in [0.1, 0.15) is 85.3 Å². The second-order valence-electron chi connectivity index (χ2n) is 17.2. The third-order valence-corrected chi connectivity index (χ3v) is 14.1. The number of rotatable bonds is 17. The number of benzene rings is 3. The SMILES string of the molecule is CCn1nc(C)cc1C(=O)Nc1nc2cc(C(N)=O)cc(OC)c2n1C/C=C/Cn1c(NC(=O)c2cc(C)nn2CC)nc2cc(C(N)=O)cc(OCC#CC3CCN(S(=O)(=O)c4ccc(C)cc4)CC3)c21. The molecule has 1 aliphatic heterocycles. The van der Waals surface area contributed by atoms with Gasteiger partial charge in [0.2, 0.25) is 33.7 Å². The molecular weight excluding hydrogens is 943 g/mol. The number of fused-ring (bicyclic) bond motifs is 2. The molecule has 0 unspecified atom stereocenters. The smallest absolute Gasteiger partial charge is 0.276 e. The quantitative estimate of drug-likeness (QED) is 0.0678. The molecule has 6 N–H and O–H groups in total. The van der Waals surface area contributed by atoms with Gasteiger partial charge < -0.3 is 30.1 Å². The summed E-state index contributed by atoms with van der Waals surface area (Å²) in [5, 5.41) is 14.7. The Morgan fingerprint density at radius 2 is 1.22 bits per heavy atom. The zero-order valence-corrected chi connectivity index (χ0v) is 41.5. The number of anilines is 2. The Hall–Kier alpha value is -8.29. The maximum absolute atomic E-state index is 13.9. The molecule has 7 aromatic rings. The normalized spacial score (nSPS) is 13.4. The van der Waals surface area contributed by atoms with Gasteiger partial charge in [-0.2, -0.15) is 14.5 Å². The summed E-state index contributed by atoms with van der Waals surface area (Å²) < 4.78 is 46.7. The summed E-state index contributed by atoms with van der Waals surface area (Å²) in [5.41, 5.74) is 16.2. The van der Waals surface area contributed by atoms with Gasteiger partial charge in [0.05, 0.1) is 34.4 Å². The summed E-state index contributed by atoms with van der Waals surface area (Å²) in [7, 11) is -2.19. The van der Waals surface area contributed by atoms with Crippen LogP contribution in [-0.4, -0.2) is 102 Å². The van der Waals surface area contributed by atoms with Crippen molar-refractivity contribution in [1.82, 2.24) is 43.0 Å². The number of carbonyl (C=O) groups is 4. The molecule has 0 radical (unpaired) electrons. The van der Waals surface area contributed by atoms with Gasteiger partial charge in [0, 0.05) is 56.3 Å². The standard InChI is InChI=1S/C50H55N13O8S/c1-7-62-39(24-31(4)57-62)47(66)55-49-53-37-26-34(45(51)64)28-41(70-6)43(37)60(49)19-9-10-20-61-44-38(54-50(61)56-48(67)40-25-32(5)58-63(40)8-2)27-35(46(52)65)29-42(44)71-23-11-12-33-17-21-59(22-18-33)72(68,69)36-15-13-30(3)14-16-36/h9-10,13-16,24-29,33H,7-8,17-23H2,1-6H3,(H2,51,64)(H2,52,65)(H,53,55,66)(H,54,56,67)/b10-9+. The zero-order chi connectivity index (χ0) is 51.4. The molecule has 4 amide bonds. The number of nitrogens with two attached hydrogens (primary N) is 2. The number of sulfonamides is 1. The van der Waals surface area contributed by atoms with E-state index in [1.165, 1.54) is 35.7 Å². The number of imidazole rings is 2. The van der Waals surface area contributed by atoms with Crippen molar-refractivity contribution in [1.29, 1.82) is 0 Å². The van der Waals surface area contributed by atoms with Crippen molar-refractivity contribution in [2.45, 2.75) is 78.5 Å². The summed E-state index contributed by atoms with van der Waals surface area (Å²) in [6.07, 6.45) is 4.69. The summed E-state index contributed by atoms with van der Waals surface area (Å²) >= 11 is 0. The minimum absolute atomic E-state index is 0.0802. The number of aromatic nitrogens is 8. The van der Waals surface area contributed by atoms with Crippen LogP contribution < -0.4 is 31.6 Å². The van der Waals surface area contributed by atoms with Crippen LogP contribution in [0.2, 0.25) is 0 Å². The van der Waals surface area contributed by atoms with Gasteiger partial charge in [0.25, 0.3) is 11.8 Å². The number of hydrogen-bond donors (Lipinski definition) is 4. The van der Waals surface area contributed by atoms with Crippen molar-refractivity contribution in [2.75, 3.05) is 37.4 Å². The number of allylic oxidation sites excluding steroid dienone is 2. The van der Waals surface area contributed by atoms with Gasteiger partial charge in [0.15, 0.2) is 0 Å². The Kier molecular flexibility index (Phi) is 14.6. The van der Waals surface area contributed by atoms with Crippen molar-refractivity contribution in [2.24, 2.45) is 17.4 Å². The molecule has 0 bridgehead atoms. The Bertz CT molecular complexity index is 3460. The monoisotopic (exact) mass is 997 g/mol. The zero-order valence-electron chi connectivity index (χ0n) is 40.7. The third-order valence-electron chi connectivity index (χ3n) is 12.2. The van der Waals surface area contributed by atoms with Gasteiger partial charge in [-0.3, -0.25) is 39.2 Å². The fourth-order valence-corrected chi connectivity index (χ4v) is 10.1. The van der Waals surface area contributed by atoms with E-state index >= 15 is 0 Å². The first-order valence-electron chi connectivity index (χ1n) is 23.3. The van der Waals surface area contributed by atoms with E-state index in [0.29, 0.717) is 83.9 Å². The van der Waals surface area contributed by atoms with Gasteiger partial charge in [-0.15, -0.1) is 0 Å². The first-order valence-corrected chi connectivity index (χ1v) is 24.7. The molecule has 3 aromatic carbocycles. The van der Waals surface area contributed by atoms with Crippen molar-refractivity contribution in [3.8, 4) is 23.3 Å². The van der Waals surface area contributed by atoms with Crippen molar-refractivity contribution in [3.05, 3.63) is 112 Å². The van der Waals surface area contributed by atoms with Crippen molar-refractivity contribution in [3.63, 3.8) is 0 Å². The molecule has 0 saturated carbocycles. The Labute approximate surface area is 415 Å². The number of amides is 4. The molecule has 1 fully saturated rings. The summed E-state index contributed by atoms with van der Waals surface area (Å²) in [5.74, 6) is 4.65. The molecule has 0 atom stereocenters. The van der Waals surface area contributed by atoms with E-state index in [1.54, 1.807) is 68.7 Å². The highest BCUT2D eigenvalue weighted by Gasteiger charge is 2.29. The second-order valence-corrected chi connectivity index (χ2v) is 19.1. The fourth-order valence-electron chi connectivity index (χ4n) is 8.59. The largest absolute Gasteiger partial charge is 0.494 e. The van der Waals surface area contributed by atoms with Crippen LogP contribution in [0.4, 0.5) is 11.9 Å². The highest BCUT2D eigenvalue weighted by molar-refractivity contribution is 7.89. The van der Waals surface area contributed by atoms with Gasteiger partial charge >= 0.3 is 0 Å². The molecule has 374 valence electrons. The molecule has 72 heavy (non-hydrogen) atoms. The Morgan fingerprint density at radius 1 is 0.736 bits per heavy atom. The van der Waals surface area contributed by atoms with Gasteiger partial charge in [-0.05, 0) is 96.0 Å². The van der Waals surface area contributed by atoms with E-state index in [2.05, 4.69) is 32.7 Å². The number of piperidine rings is 1. The van der Waals surface area contributed by atoms with Crippen molar-refractivity contribution >= 4 is 67.6 Å². The number of primary amides is 2. The van der Waals surface area contributed by atoms with E-state index in [4.69, 9.17) is 30.9 Å². The molecule has 21 nitrogen and oxygen atoms in total. The average molecular weight is 998 g/mol. The van der Waals surface area contributed by atoms with Crippen LogP contribution in [0.3, 0.4) is 0 Å². The number of methoxy groups -OCH3 is 1. The van der Waals surface area contributed by atoms with Crippen molar-refractivity contribution < 1.29 is 37.1 Å². The highest BCUT2D eigenvalue weighted by Crippen LogP contribution is 2.33. The highest BCUT2D eigenvalue weighted by atomic mass is 32.2. The fraction of sp³-hybridized carbons (Fsp3) is 0.320. The van der Waals surface area contributed by atoms with Crippen LogP contribution in [-0.2, 0) is 36.2 Å². The van der Waals surface area contributed by atoms with E-state index in [0.717, 1.165) is 5.56 Å². The number of nitrogens with one attached hydrogen (secondary N) is 2. The number of hydrogen-bond acceptors (Lipinski definition) is 12. The molecular formula is C50H55N13O8S. The number of carbonyl (C=O) groups excluding carboxylic acids is 4. The van der Waals surface area contributed by atoms with E-state index < -0.39 is 33.7 Å². The Balaban J connectivity index is 1.11. The number of nitrogens with zero attached hydrogens (tertiary/aromatic N) is 9. The lowest BCUT2D eigenvalue weighted by Gasteiger charge is -2.29. The lowest BCUT2D eigenvalue weighted by molar-refractivity contribution is 0.0991. The summed E-state index contributed by atoms with van der Waals surface area (Å²) in [6.45, 7) is 10.9. The minimum Gasteiger partial charge on any atom is -0.494 e. The van der Waals surface area contributed by atoms with Crippen LogP contribution in [0.25, 0.3) is 22.1 Å². The van der Waals surface area contributed by atoms with Gasteiger partial charge in [-0.25, -0.2) is 18.4 Å². The molecule has 0 aliphatic carbocycles. The minimum atomic E-state index is -3.64. The first kappa shape index (κ1) is 50.1. The topological polar surface area (TPSA) is 272 Å². The second kappa shape index (κ2) is 21.0. The predicted octanol–water partition coefficient (Wildman–Crippen LogP) is 5.19. The van der Waals surface area contributed by atoms with Crippen LogP contribution in [0.15, 0.2) is 77.7 Å². The van der Waals surface area contributed by atoms with Gasteiger partial charge in [-0.1, -0.05) is 41.7 Å². The molecule has 8 rings (SSSR count). The van der Waals surface area contributed by atoms with E-state index in [9.17, 15) is 27.6 Å². The molecule has 0 spiro atoms. The lowest BCUT2D eigenvalue weighted by atomic mass is 9.99. The Morgan fingerprint density at radius 3 is 1.69 bits per heavy atom. The summed E-state index contributed by atoms with van der Waals surface area (Å²) in [6, 6.07) is 16.2. The first-order chi connectivity index (χ1) is 34.5. The summed E-state index contributed by atoms with van der Waals surface area (Å²) in [4.78, 5) is 62.4. The van der Waals surface area contributed by atoms with Gasteiger partial charge in [0.1, 0.15) is 40.5 Å². The molecule has 1 saturated heterocycles. The maximum Gasteiger partial charge on any atom is 0.276 e. The molecule has 5 heterocycles. The maximum atomic E-state index is 13.9. The average Bonchev–Trinajstić information content (AvgIpc) is 4.13. The van der Waals surface area contributed by atoms with Crippen LogP contribution >= 0.6 is 0 Å². The van der Waals surface area contributed by atoms with Crippen LogP contribution in [0, 0.1) is 38.5 Å².